The van der Waals surface area contributed by atoms with Crippen LogP contribution in [0.5, 0.6) is 0 Å². The van der Waals surface area contributed by atoms with Gasteiger partial charge in [-0.3, -0.25) is 0 Å². The summed E-state index contributed by atoms with van der Waals surface area (Å²) in [7, 11) is 0. The van der Waals surface area contributed by atoms with Crippen molar-refractivity contribution in [1.29, 1.82) is 0 Å². The Morgan fingerprint density at radius 2 is 1.67 bits per heavy atom. The summed E-state index contributed by atoms with van der Waals surface area (Å²) in [6.07, 6.45) is 0. The molecule has 2 heteroatoms. The van der Waals surface area contributed by atoms with E-state index in [0.29, 0.717) is 12.5 Å². The Morgan fingerprint density at radius 1 is 1.50 bits per heavy atom. The standard InChI is InChI=1S/C4H10O.Nd/c1-4(2)3-5;/h4-5H,3H2,1-2H3;. The first kappa shape index (κ1) is 10.3. The minimum atomic E-state index is 0. The third kappa shape index (κ3) is 9.00. The molecule has 0 rings (SSSR count). The average molecular weight is 218 g/mol. The van der Waals surface area contributed by atoms with Gasteiger partial charge in [0.2, 0.25) is 0 Å². The van der Waals surface area contributed by atoms with Gasteiger partial charge in [-0.1, -0.05) is 13.8 Å². The molecule has 0 amide bonds. The summed E-state index contributed by atoms with van der Waals surface area (Å²) in [5.41, 5.74) is 0. The molecule has 0 atom stereocenters. The van der Waals surface area contributed by atoms with Gasteiger partial charge in [0.15, 0.2) is 0 Å². The van der Waals surface area contributed by atoms with E-state index >= 15 is 0 Å². The summed E-state index contributed by atoms with van der Waals surface area (Å²) in [5, 5.41) is 8.14. The first-order valence-electron chi connectivity index (χ1n) is 1.88. The zero-order chi connectivity index (χ0) is 4.28. The van der Waals surface area contributed by atoms with Crippen LogP contribution in [0.15, 0.2) is 0 Å². The molecule has 1 nitrogen and oxygen atoms in total. The summed E-state index contributed by atoms with van der Waals surface area (Å²) >= 11 is 0. The van der Waals surface area contributed by atoms with Crippen LogP contribution in [0.1, 0.15) is 13.8 Å². The molecule has 0 aliphatic rings. The molecular formula is C4H10NdO. The minimum Gasteiger partial charge on any atom is -0.396 e. The molecule has 0 radical (unpaired) electrons. The van der Waals surface area contributed by atoms with Crippen LogP contribution in [0.25, 0.3) is 0 Å². The average Bonchev–Trinajstić information content (AvgIpc) is 1.38. The maximum absolute atomic E-state index is 8.14. The summed E-state index contributed by atoms with van der Waals surface area (Å²) in [4.78, 5) is 0. The van der Waals surface area contributed by atoms with E-state index in [2.05, 4.69) is 0 Å². The fourth-order valence-corrected chi connectivity index (χ4v) is 0. The molecule has 0 aromatic rings. The second kappa shape index (κ2) is 6.31. The van der Waals surface area contributed by atoms with Gasteiger partial charge in [-0.15, -0.1) is 0 Å². The zero-order valence-corrected chi connectivity index (χ0v) is 7.44. The maximum Gasteiger partial charge on any atom is 0.0453 e. The van der Waals surface area contributed by atoms with Gasteiger partial charge >= 0.3 is 0 Å². The third-order valence-corrected chi connectivity index (χ3v) is 0.365. The van der Waals surface area contributed by atoms with Gasteiger partial charge in [-0.25, -0.2) is 0 Å². The number of rotatable bonds is 1. The molecule has 0 saturated carbocycles. The number of hydrogen-bond acceptors (Lipinski definition) is 1. The van der Waals surface area contributed by atoms with E-state index in [0.717, 1.165) is 0 Å². The Balaban J connectivity index is 0. The molecule has 0 aliphatic heterocycles. The summed E-state index contributed by atoms with van der Waals surface area (Å²) in [6.45, 7) is 4.25. The number of aliphatic hydroxyl groups is 1. The van der Waals surface area contributed by atoms with Crippen molar-refractivity contribution < 1.29 is 45.9 Å². The van der Waals surface area contributed by atoms with E-state index in [1.807, 2.05) is 13.8 Å². The predicted octanol–water partition coefficient (Wildman–Crippen LogP) is 0.635. The number of aliphatic hydroxyl groups excluding tert-OH is 1. The van der Waals surface area contributed by atoms with E-state index in [4.69, 9.17) is 5.11 Å². The first-order chi connectivity index (χ1) is 2.27. The summed E-state index contributed by atoms with van der Waals surface area (Å²) < 4.78 is 0. The molecule has 0 saturated heterocycles. The molecule has 0 aromatic heterocycles. The van der Waals surface area contributed by atoms with Crippen molar-refractivity contribution in [3.8, 4) is 0 Å². The second-order valence-corrected chi connectivity index (χ2v) is 1.58. The van der Waals surface area contributed by atoms with Crippen LogP contribution >= 0.6 is 0 Å². The van der Waals surface area contributed by atoms with Crippen LogP contribution in [0.4, 0.5) is 0 Å². The fraction of sp³-hybridized carbons (Fsp3) is 1.00. The summed E-state index contributed by atoms with van der Waals surface area (Å²) in [5.74, 6) is 0.440. The smallest absolute Gasteiger partial charge is 0.0453 e. The van der Waals surface area contributed by atoms with Gasteiger partial charge in [-0.2, -0.15) is 0 Å². The van der Waals surface area contributed by atoms with E-state index in [1.54, 1.807) is 0 Å². The molecule has 6 heavy (non-hydrogen) atoms. The van der Waals surface area contributed by atoms with E-state index in [1.165, 1.54) is 0 Å². The predicted molar refractivity (Wildman–Crippen MR) is 21.9 cm³/mol. The van der Waals surface area contributed by atoms with Crippen LogP contribution in [-0.4, -0.2) is 11.7 Å². The third-order valence-electron chi connectivity index (χ3n) is 0.365. The van der Waals surface area contributed by atoms with Gasteiger partial charge in [0.05, 0.1) is 0 Å². The minimum absolute atomic E-state index is 0. The van der Waals surface area contributed by atoms with Crippen LogP contribution in [0.3, 0.4) is 0 Å². The Labute approximate surface area is 71.7 Å². The molecule has 36 valence electrons. The monoisotopic (exact) mass is 216 g/mol. The van der Waals surface area contributed by atoms with E-state index in [-0.39, 0.29) is 40.8 Å². The van der Waals surface area contributed by atoms with Crippen LogP contribution < -0.4 is 0 Å². The van der Waals surface area contributed by atoms with Crippen LogP contribution in [-0.2, 0) is 0 Å². The van der Waals surface area contributed by atoms with Crippen molar-refractivity contribution in [1.82, 2.24) is 0 Å². The van der Waals surface area contributed by atoms with Crippen LogP contribution in [0.2, 0.25) is 0 Å². The quantitative estimate of drug-likeness (QED) is 0.684. The van der Waals surface area contributed by atoms with Crippen LogP contribution in [0, 0.1) is 46.8 Å². The molecule has 0 heterocycles. The van der Waals surface area contributed by atoms with Crippen molar-refractivity contribution in [3.63, 3.8) is 0 Å². The summed E-state index contributed by atoms with van der Waals surface area (Å²) in [6, 6.07) is 0. The molecule has 0 unspecified atom stereocenters. The van der Waals surface area contributed by atoms with Crippen molar-refractivity contribution in [3.05, 3.63) is 0 Å². The molecule has 1 N–H and O–H groups in total. The van der Waals surface area contributed by atoms with Crippen molar-refractivity contribution in [2.24, 2.45) is 5.92 Å². The fourth-order valence-electron chi connectivity index (χ4n) is 0. The zero-order valence-electron chi connectivity index (χ0n) is 4.23. The normalized spacial score (nSPS) is 8.00. The SMILES string of the molecule is CC(C)CO.[Nd]. The molecule has 0 fully saturated rings. The van der Waals surface area contributed by atoms with Gasteiger partial charge in [0, 0.05) is 47.4 Å². The Bertz CT molecular complexity index is 21.5. The largest absolute Gasteiger partial charge is 0.396 e. The molecule has 0 bridgehead atoms. The Hall–Kier alpha value is 1.31. The topological polar surface area (TPSA) is 20.2 Å². The van der Waals surface area contributed by atoms with Gasteiger partial charge in [0.25, 0.3) is 0 Å². The Morgan fingerprint density at radius 3 is 1.67 bits per heavy atom. The van der Waals surface area contributed by atoms with Crippen molar-refractivity contribution in [2.45, 2.75) is 13.8 Å². The van der Waals surface area contributed by atoms with E-state index < -0.39 is 0 Å². The van der Waals surface area contributed by atoms with Gasteiger partial charge < -0.3 is 5.11 Å². The molecule has 0 spiro atoms. The Kier molecular flexibility index (Phi) is 10.9. The van der Waals surface area contributed by atoms with Gasteiger partial charge in [-0.05, 0) is 5.92 Å². The van der Waals surface area contributed by atoms with Gasteiger partial charge in [0.1, 0.15) is 0 Å². The molecular weight excluding hydrogens is 208 g/mol. The van der Waals surface area contributed by atoms with Crippen molar-refractivity contribution >= 4 is 0 Å². The maximum atomic E-state index is 8.14. The number of hydrogen-bond donors (Lipinski definition) is 1. The van der Waals surface area contributed by atoms with Crippen molar-refractivity contribution in [2.75, 3.05) is 6.61 Å². The van der Waals surface area contributed by atoms with E-state index in [9.17, 15) is 0 Å². The first-order valence-corrected chi connectivity index (χ1v) is 1.88. The molecule has 0 aromatic carbocycles. The molecule has 0 aliphatic carbocycles. The second-order valence-electron chi connectivity index (χ2n) is 1.58.